The number of unbranched alkanes of at least 4 members (excludes halogenated alkanes) is 2. The van der Waals surface area contributed by atoms with Crippen molar-refractivity contribution in [3.8, 4) is 0 Å². The highest BCUT2D eigenvalue weighted by Crippen LogP contribution is 2.71. The standard InChI is InChI=1S/C26H40N2O5S/c1-7-14-28(24(3,4)5)22(31)20-26-13-12-25(6,34-26)19(23(32)33-17-8-2)18(26)21(30)27(20)15-10-9-11-16-29/h7-8,18-20,29H,1-2,9-17H2,3-6H3/t18-,19-,20?,25+,26?/m0/s1. The van der Waals surface area contributed by atoms with Crippen molar-refractivity contribution in [3.05, 3.63) is 25.3 Å². The number of carbonyl (C=O) groups excluding carboxylic acids is 3. The predicted molar refractivity (Wildman–Crippen MR) is 134 cm³/mol. The zero-order chi connectivity index (χ0) is 25.3. The van der Waals surface area contributed by atoms with Crippen LogP contribution in [0.1, 0.15) is 59.8 Å². The molecule has 3 fully saturated rings. The first-order valence-corrected chi connectivity index (χ1v) is 13.1. The van der Waals surface area contributed by atoms with Gasteiger partial charge in [0.05, 0.1) is 16.6 Å². The molecule has 3 aliphatic heterocycles. The van der Waals surface area contributed by atoms with E-state index >= 15 is 0 Å². The van der Waals surface area contributed by atoms with Gasteiger partial charge < -0.3 is 19.6 Å². The Kier molecular flexibility index (Phi) is 7.92. The molecule has 2 bridgehead atoms. The maximum absolute atomic E-state index is 14.2. The summed E-state index contributed by atoms with van der Waals surface area (Å²) in [5.74, 6) is -1.74. The summed E-state index contributed by atoms with van der Waals surface area (Å²) < 4.78 is 4.36. The van der Waals surface area contributed by atoms with E-state index in [0.717, 1.165) is 12.8 Å². The zero-order valence-electron chi connectivity index (χ0n) is 21.0. The molecule has 34 heavy (non-hydrogen) atoms. The molecule has 5 atom stereocenters. The molecule has 0 saturated carbocycles. The summed E-state index contributed by atoms with van der Waals surface area (Å²) in [5.41, 5.74) is -0.445. The third-order valence-corrected chi connectivity index (χ3v) is 9.54. The van der Waals surface area contributed by atoms with E-state index in [4.69, 9.17) is 4.74 Å². The van der Waals surface area contributed by atoms with Crippen molar-refractivity contribution in [3.63, 3.8) is 0 Å². The van der Waals surface area contributed by atoms with Gasteiger partial charge in [0, 0.05) is 30.0 Å². The molecule has 2 unspecified atom stereocenters. The monoisotopic (exact) mass is 492 g/mol. The van der Waals surface area contributed by atoms with Gasteiger partial charge >= 0.3 is 5.97 Å². The summed E-state index contributed by atoms with van der Waals surface area (Å²) in [4.78, 5) is 44.9. The molecule has 1 spiro atoms. The van der Waals surface area contributed by atoms with Crippen LogP contribution < -0.4 is 0 Å². The van der Waals surface area contributed by atoms with Gasteiger partial charge in [-0.2, -0.15) is 0 Å². The lowest BCUT2D eigenvalue weighted by Crippen LogP contribution is -2.58. The fourth-order valence-corrected chi connectivity index (χ4v) is 8.42. The Hall–Kier alpha value is -1.80. The van der Waals surface area contributed by atoms with Crippen LogP contribution in [0.15, 0.2) is 25.3 Å². The minimum atomic E-state index is -0.650. The Morgan fingerprint density at radius 3 is 2.53 bits per heavy atom. The third kappa shape index (κ3) is 4.43. The molecule has 0 aliphatic carbocycles. The predicted octanol–water partition coefficient (Wildman–Crippen LogP) is 3.17. The number of aliphatic hydroxyl groups is 1. The number of amides is 2. The molecule has 2 amide bonds. The topological polar surface area (TPSA) is 87.1 Å². The van der Waals surface area contributed by atoms with Crippen molar-refractivity contribution in [1.82, 2.24) is 9.80 Å². The van der Waals surface area contributed by atoms with E-state index in [1.807, 2.05) is 27.7 Å². The van der Waals surface area contributed by atoms with Crippen molar-refractivity contribution in [2.24, 2.45) is 11.8 Å². The molecule has 8 heteroatoms. The van der Waals surface area contributed by atoms with Crippen LogP contribution in [-0.2, 0) is 19.1 Å². The normalized spacial score (nSPS) is 32.0. The molecule has 0 aromatic rings. The first-order chi connectivity index (χ1) is 16.0. The molecule has 1 N–H and O–H groups in total. The number of esters is 1. The third-order valence-electron chi connectivity index (χ3n) is 7.55. The Morgan fingerprint density at radius 2 is 1.94 bits per heavy atom. The average molecular weight is 493 g/mol. The van der Waals surface area contributed by atoms with Gasteiger partial charge in [-0.3, -0.25) is 14.4 Å². The van der Waals surface area contributed by atoms with Crippen LogP contribution in [0, 0.1) is 11.8 Å². The second kappa shape index (κ2) is 10.1. The van der Waals surface area contributed by atoms with Crippen LogP contribution in [-0.4, -0.2) is 80.1 Å². The van der Waals surface area contributed by atoms with Crippen molar-refractivity contribution in [1.29, 1.82) is 0 Å². The minimum Gasteiger partial charge on any atom is -0.461 e. The first-order valence-electron chi connectivity index (χ1n) is 12.3. The number of rotatable bonds is 11. The van der Waals surface area contributed by atoms with Crippen molar-refractivity contribution in [2.45, 2.75) is 80.9 Å². The number of hydrogen-bond acceptors (Lipinski definition) is 6. The Labute approximate surface area is 208 Å². The largest absolute Gasteiger partial charge is 0.461 e. The molecule has 7 nitrogen and oxygen atoms in total. The van der Waals surface area contributed by atoms with Gasteiger partial charge in [-0.25, -0.2) is 0 Å². The second-order valence-electron chi connectivity index (χ2n) is 10.9. The van der Waals surface area contributed by atoms with Crippen molar-refractivity contribution < 1.29 is 24.2 Å². The number of carbonyl (C=O) groups is 3. The number of likely N-dealkylation sites (tertiary alicyclic amines) is 1. The van der Waals surface area contributed by atoms with Gasteiger partial charge in [-0.15, -0.1) is 18.3 Å². The van der Waals surface area contributed by atoms with E-state index in [2.05, 4.69) is 13.2 Å². The number of aliphatic hydroxyl groups excluding tert-OH is 1. The number of fused-ring (bicyclic) bond motifs is 1. The summed E-state index contributed by atoms with van der Waals surface area (Å²) in [6, 6.07) is -0.637. The minimum absolute atomic E-state index is 0.0812. The van der Waals surface area contributed by atoms with Crippen LogP contribution in [0.5, 0.6) is 0 Å². The second-order valence-corrected chi connectivity index (χ2v) is 12.8. The summed E-state index contributed by atoms with van der Waals surface area (Å²) >= 11 is 1.65. The molecule has 0 radical (unpaired) electrons. The fraction of sp³-hybridized carbons (Fsp3) is 0.731. The highest BCUT2D eigenvalue weighted by atomic mass is 32.2. The van der Waals surface area contributed by atoms with E-state index in [1.165, 1.54) is 6.08 Å². The molecule has 190 valence electrons. The van der Waals surface area contributed by atoms with E-state index in [9.17, 15) is 19.5 Å². The number of hydrogen-bond donors (Lipinski definition) is 1. The number of nitrogens with zero attached hydrogens (tertiary/aromatic N) is 2. The van der Waals surface area contributed by atoms with Gasteiger partial charge in [0.15, 0.2) is 0 Å². The Bertz CT molecular complexity index is 840. The van der Waals surface area contributed by atoms with E-state index in [0.29, 0.717) is 32.4 Å². The van der Waals surface area contributed by atoms with Crippen LogP contribution >= 0.6 is 11.8 Å². The zero-order valence-corrected chi connectivity index (χ0v) is 21.9. The summed E-state index contributed by atoms with van der Waals surface area (Å²) in [6.07, 6.45) is 6.84. The quantitative estimate of drug-likeness (QED) is 0.271. The lowest BCUT2D eigenvalue weighted by molar-refractivity contribution is -0.154. The molecule has 3 aliphatic rings. The van der Waals surface area contributed by atoms with Gasteiger partial charge in [-0.1, -0.05) is 18.7 Å². The van der Waals surface area contributed by atoms with Crippen LogP contribution in [0.3, 0.4) is 0 Å². The lowest BCUT2D eigenvalue weighted by atomic mass is 9.66. The van der Waals surface area contributed by atoms with Gasteiger partial charge in [0.2, 0.25) is 11.8 Å². The first kappa shape index (κ1) is 26.8. The summed E-state index contributed by atoms with van der Waals surface area (Å²) in [7, 11) is 0. The Morgan fingerprint density at radius 1 is 1.24 bits per heavy atom. The fourth-order valence-electron chi connectivity index (χ4n) is 6.08. The highest BCUT2D eigenvalue weighted by molar-refractivity contribution is 8.02. The smallest absolute Gasteiger partial charge is 0.311 e. The SMILES string of the molecule is C=CCOC(=O)[C@@H]1[C@H]2C(=O)N(CCCCCO)C(C(=O)N(CC=C)C(C)(C)C)C23CC[C@@]1(C)S3. The number of thioether (sulfide) groups is 1. The molecule has 3 rings (SSSR count). The van der Waals surface area contributed by atoms with Gasteiger partial charge in [0.25, 0.3) is 0 Å². The van der Waals surface area contributed by atoms with Gasteiger partial charge in [-0.05, 0) is 59.8 Å². The van der Waals surface area contributed by atoms with E-state index in [1.54, 1.807) is 27.6 Å². The molecule has 0 aromatic heterocycles. The van der Waals surface area contributed by atoms with Crippen LogP contribution in [0.4, 0.5) is 0 Å². The van der Waals surface area contributed by atoms with E-state index < -0.39 is 32.9 Å². The maximum Gasteiger partial charge on any atom is 0.311 e. The average Bonchev–Trinajstić information content (AvgIpc) is 3.33. The molecular formula is C26H40N2O5S. The molecule has 0 aromatic carbocycles. The van der Waals surface area contributed by atoms with Gasteiger partial charge in [0.1, 0.15) is 12.6 Å². The summed E-state index contributed by atoms with van der Waals surface area (Å²) in [5, 5.41) is 9.17. The van der Waals surface area contributed by atoms with Crippen molar-refractivity contribution in [2.75, 3.05) is 26.3 Å². The van der Waals surface area contributed by atoms with Crippen LogP contribution in [0.25, 0.3) is 0 Å². The molecule has 3 saturated heterocycles. The maximum atomic E-state index is 14.2. The number of ether oxygens (including phenoxy) is 1. The molecular weight excluding hydrogens is 452 g/mol. The van der Waals surface area contributed by atoms with E-state index in [-0.39, 0.29) is 31.0 Å². The summed E-state index contributed by atoms with van der Waals surface area (Å²) in [6.45, 7) is 16.5. The van der Waals surface area contributed by atoms with Crippen LogP contribution in [0.2, 0.25) is 0 Å². The highest BCUT2D eigenvalue weighted by Gasteiger charge is 2.77. The molecule has 3 heterocycles. The Balaban J connectivity index is 2.03. The lowest BCUT2D eigenvalue weighted by Gasteiger charge is -2.42. The van der Waals surface area contributed by atoms with Crippen molar-refractivity contribution >= 4 is 29.5 Å².